The maximum atomic E-state index is 6.00. The van der Waals surface area contributed by atoms with Crippen LogP contribution in [-0.4, -0.2) is 19.1 Å². The minimum absolute atomic E-state index is 0.0812. The highest BCUT2D eigenvalue weighted by Gasteiger charge is 2.40. The molecule has 1 aromatic heterocycles. The smallest absolute Gasteiger partial charge is 0.125 e. The van der Waals surface area contributed by atoms with Crippen LogP contribution in [0.3, 0.4) is 0 Å². The fourth-order valence-corrected chi connectivity index (χ4v) is 4.66. The second-order valence-corrected chi connectivity index (χ2v) is 8.54. The third-order valence-corrected chi connectivity index (χ3v) is 5.85. The zero-order valence-corrected chi connectivity index (χ0v) is 15.2. The summed E-state index contributed by atoms with van der Waals surface area (Å²) in [6, 6.07) is 0. The number of hydrogen-bond donors (Lipinski definition) is 1. The molecular weight excluding hydrogens is 280 g/mol. The lowest BCUT2D eigenvalue weighted by Gasteiger charge is -2.36. The summed E-state index contributed by atoms with van der Waals surface area (Å²) >= 11 is 1.84. The molecule has 21 heavy (non-hydrogen) atoms. The first-order valence-corrected chi connectivity index (χ1v) is 8.84. The van der Waals surface area contributed by atoms with E-state index in [1.807, 2.05) is 25.5 Å². The van der Waals surface area contributed by atoms with E-state index in [9.17, 15) is 0 Å². The first kappa shape index (κ1) is 16.9. The van der Waals surface area contributed by atoms with Crippen LogP contribution in [0.1, 0.15) is 69.0 Å². The molecule has 0 spiro atoms. The van der Waals surface area contributed by atoms with Gasteiger partial charge in [0, 0.05) is 23.9 Å². The molecule has 4 heteroatoms. The molecule has 1 heterocycles. The Kier molecular flexibility index (Phi) is 5.11. The van der Waals surface area contributed by atoms with E-state index in [2.05, 4.69) is 33.0 Å². The van der Waals surface area contributed by atoms with Crippen LogP contribution >= 0.6 is 11.3 Å². The molecule has 1 aromatic rings. The summed E-state index contributed by atoms with van der Waals surface area (Å²) in [6.07, 6.45) is 4.67. The number of methoxy groups -OCH3 is 1. The number of hydrogen-bond acceptors (Lipinski definition) is 4. The lowest BCUT2D eigenvalue weighted by Crippen LogP contribution is -2.33. The van der Waals surface area contributed by atoms with Crippen LogP contribution in [-0.2, 0) is 22.3 Å². The van der Waals surface area contributed by atoms with E-state index in [0.717, 1.165) is 25.3 Å². The highest BCUT2D eigenvalue weighted by Crippen LogP contribution is 2.45. The van der Waals surface area contributed by atoms with Crippen LogP contribution in [0, 0.1) is 5.92 Å². The van der Waals surface area contributed by atoms with Gasteiger partial charge in [-0.3, -0.25) is 0 Å². The molecule has 0 bridgehead atoms. The predicted octanol–water partition coefficient (Wildman–Crippen LogP) is 4.21. The molecule has 0 aliphatic heterocycles. The van der Waals surface area contributed by atoms with Crippen LogP contribution in [0.2, 0.25) is 0 Å². The van der Waals surface area contributed by atoms with Crippen molar-refractivity contribution in [1.29, 1.82) is 0 Å². The summed E-state index contributed by atoms with van der Waals surface area (Å²) in [5, 5.41) is 4.47. The highest BCUT2D eigenvalue weighted by molar-refractivity contribution is 7.11. The molecule has 1 saturated carbocycles. The Morgan fingerprint density at radius 2 is 1.95 bits per heavy atom. The average Bonchev–Trinajstić information content (AvgIpc) is 2.85. The number of ether oxygens (including phenoxy) is 1. The van der Waals surface area contributed by atoms with Crippen molar-refractivity contribution in [2.24, 2.45) is 5.92 Å². The van der Waals surface area contributed by atoms with Gasteiger partial charge in [0.1, 0.15) is 10.6 Å². The molecule has 1 aliphatic rings. The van der Waals surface area contributed by atoms with Gasteiger partial charge in [-0.15, -0.1) is 11.3 Å². The summed E-state index contributed by atoms with van der Waals surface area (Å²) in [7, 11) is 3.85. The van der Waals surface area contributed by atoms with Gasteiger partial charge in [-0.2, -0.15) is 0 Å². The first-order valence-electron chi connectivity index (χ1n) is 8.03. The Labute approximate surface area is 133 Å². The molecule has 1 fully saturated rings. The topological polar surface area (TPSA) is 34.1 Å². The van der Waals surface area contributed by atoms with Gasteiger partial charge in [0.05, 0.1) is 5.69 Å². The van der Waals surface area contributed by atoms with E-state index < -0.39 is 0 Å². The lowest BCUT2D eigenvalue weighted by molar-refractivity contribution is -0.0532. The number of nitrogens with one attached hydrogen (secondary N) is 1. The lowest BCUT2D eigenvalue weighted by atomic mass is 9.79. The SMILES string of the molecule is CNCc1sc(C2(OC)CCC(C)CC2)nc1C(C)(C)C. The predicted molar refractivity (Wildman–Crippen MR) is 89.9 cm³/mol. The van der Waals surface area contributed by atoms with Crippen molar-refractivity contribution in [2.75, 3.05) is 14.2 Å². The van der Waals surface area contributed by atoms with Crippen molar-refractivity contribution < 1.29 is 4.74 Å². The molecule has 0 unspecified atom stereocenters. The highest BCUT2D eigenvalue weighted by atomic mass is 32.1. The molecule has 2 rings (SSSR count). The third kappa shape index (κ3) is 3.49. The van der Waals surface area contributed by atoms with Gasteiger partial charge in [0.2, 0.25) is 0 Å². The van der Waals surface area contributed by atoms with E-state index in [1.54, 1.807) is 0 Å². The number of aromatic nitrogens is 1. The van der Waals surface area contributed by atoms with Crippen molar-refractivity contribution >= 4 is 11.3 Å². The average molecular weight is 311 g/mol. The van der Waals surface area contributed by atoms with Crippen molar-refractivity contribution in [1.82, 2.24) is 10.3 Å². The van der Waals surface area contributed by atoms with E-state index in [0.29, 0.717) is 0 Å². The third-order valence-electron chi connectivity index (χ3n) is 4.61. The largest absolute Gasteiger partial charge is 0.371 e. The van der Waals surface area contributed by atoms with E-state index >= 15 is 0 Å². The Morgan fingerprint density at radius 3 is 2.43 bits per heavy atom. The monoisotopic (exact) mass is 310 g/mol. The fourth-order valence-electron chi connectivity index (χ4n) is 3.15. The fraction of sp³-hybridized carbons (Fsp3) is 0.824. The van der Waals surface area contributed by atoms with Gasteiger partial charge in [-0.05, 0) is 38.6 Å². The quantitative estimate of drug-likeness (QED) is 0.904. The summed E-state index contributed by atoms with van der Waals surface area (Å²) in [6.45, 7) is 9.96. The van der Waals surface area contributed by atoms with Crippen LogP contribution in [0.4, 0.5) is 0 Å². The molecule has 0 radical (unpaired) electrons. The normalized spacial score (nSPS) is 27.0. The molecule has 1 N–H and O–H groups in total. The van der Waals surface area contributed by atoms with Gasteiger partial charge < -0.3 is 10.1 Å². The van der Waals surface area contributed by atoms with Crippen LogP contribution in [0.25, 0.3) is 0 Å². The van der Waals surface area contributed by atoms with Crippen molar-refractivity contribution in [2.45, 2.75) is 70.9 Å². The summed E-state index contributed by atoms with van der Waals surface area (Å²) in [4.78, 5) is 6.40. The first-order chi connectivity index (χ1) is 9.82. The van der Waals surface area contributed by atoms with Crippen molar-refractivity contribution in [3.8, 4) is 0 Å². The van der Waals surface area contributed by atoms with Crippen LogP contribution in [0.15, 0.2) is 0 Å². The van der Waals surface area contributed by atoms with Crippen LogP contribution in [0.5, 0.6) is 0 Å². The number of rotatable bonds is 4. The van der Waals surface area contributed by atoms with Crippen LogP contribution < -0.4 is 5.32 Å². The zero-order valence-electron chi connectivity index (χ0n) is 14.4. The second kappa shape index (κ2) is 6.35. The number of nitrogens with zero attached hydrogens (tertiary/aromatic N) is 1. The minimum Gasteiger partial charge on any atom is -0.371 e. The Hall–Kier alpha value is -0.450. The maximum Gasteiger partial charge on any atom is 0.125 e. The molecule has 0 saturated heterocycles. The van der Waals surface area contributed by atoms with E-state index in [1.165, 1.54) is 28.4 Å². The Morgan fingerprint density at radius 1 is 1.33 bits per heavy atom. The Bertz CT molecular complexity index is 468. The molecule has 0 amide bonds. The van der Waals surface area contributed by atoms with Crippen molar-refractivity contribution in [3.05, 3.63) is 15.6 Å². The molecular formula is C17H30N2OS. The van der Waals surface area contributed by atoms with Gasteiger partial charge in [-0.25, -0.2) is 4.98 Å². The molecule has 120 valence electrons. The summed E-state index contributed by atoms with van der Waals surface area (Å²) in [5.41, 5.74) is 1.16. The summed E-state index contributed by atoms with van der Waals surface area (Å²) in [5.74, 6) is 0.812. The number of thiazole rings is 1. The summed E-state index contributed by atoms with van der Waals surface area (Å²) < 4.78 is 6.00. The molecule has 0 atom stereocenters. The van der Waals surface area contributed by atoms with Gasteiger partial charge in [-0.1, -0.05) is 27.7 Å². The molecule has 3 nitrogen and oxygen atoms in total. The Balaban J connectivity index is 2.38. The maximum absolute atomic E-state index is 6.00. The van der Waals surface area contributed by atoms with E-state index in [4.69, 9.17) is 9.72 Å². The van der Waals surface area contributed by atoms with Gasteiger partial charge in [0.25, 0.3) is 0 Å². The minimum atomic E-state index is -0.150. The second-order valence-electron chi connectivity index (χ2n) is 7.45. The standard InChI is InChI=1S/C17H30N2OS/c1-12-7-9-17(20-6,10-8-12)15-19-14(16(2,3)4)13(21-15)11-18-5/h12,18H,7-11H2,1-6H3. The van der Waals surface area contributed by atoms with Gasteiger partial charge in [0.15, 0.2) is 0 Å². The van der Waals surface area contributed by atoms with Gasteiger partial charge >= 0.3 is 0 Å². The zero-order chi connectivity index (χ0) is 15.7. The van der Waals surface area contributed by atoms with Crippen molar-refractivity contribution in [3.63, 3.8) is 0 Å². The van der Waals surface area contributed by atoms with E-state index in [-0.39, 0.29) is 11.0 Å². The molecule has 1 aliphatic carbocycles. The molecule has 0 aromatic carbocycles.